The molecule has 0 radical (unpaired) electrons. The van der Waals surface area contributed by atoms with Gasteiger partial charge in [0.1, 0.15) is 11.5 Å². The fourth-order valence-electron chi connectivity index (χ4n) is 0.927. The van der Waals surface area contributed by atoms with E-state index in [1.165, 1.54) is 0 Å². The van der Waals surface area contributed by atoms with Crippen molar-refractivity contribution in [2.45, 2.75) is 13.0 Å². The molecule has 0 aliphatic heterocycles. The molecule has 0 saturated carbocycles. The van der Waals surface area contributed by atoms with E-state index in [2.05, 4.69) is 9.47 Å². The van der Waals surface area contributed by atoms with Crippen LogP contribution < -0.4 is 15.2 Å². The first kappa shape index (κ1) is 12.3. The lowest BCUT2D eigenvalue weighted by molar-refractivity contribution is -0.274. The molecular formula is C8H6F5NO2. The zero-order valence-electron chi connectivity index (χ0n) is 7.59. The number of anilines is 1. The molecule has 8 heteroatoms. The van der Waals surface area contributed by atoms with Crippen molar-refractivity contribution in [1.29, 1.82) is 0 Å². The molecule has 3 nitrogen and oxygen atoms in total. The van der Waals surface area contributed by atoms with Gasteiger partial charge in [-0.25, -0.2) is 0 Å². The highest BCUT2D eigenvalue weighted by molar-refractivity contribution is 5.56. The maximum Gasteiger partial charge on any atom is 0.573 e. The second-order valence-corrected chi connectivity index (χ2v) is 2.63. The summed E-state index contributed by atoms with van der Waals surface area (Å²) in [6.45, 7) is -3.10. The van der Waals surface area contributed by atoms with E-state index in [1.807, 2.05) is 0 Å². The van der Waals surface area contributed by atoms with Crippen LogP contribution in [0.5, 0.6) is 11.5 Å². The van der Waals surface area contributed by atoms with Crippen molar-refractivity contribution in [2.24, 2.45) is 0 Å². The van der Waals surface area contributed by atoms with Crippen LogP contribution in [-0.2, 0) is 0 Å². The molecule has 1 aromatic carbocycles. The first-order valence-electron chi connectivity index (χ1n) is 3.88. The van der Waals surface area contributed by atoms with Crippen molar-refractivity contribution in [3.8, 4) is 11.5 Å². The lowest BCUT2D eigenvalue weighted by atomic mass is 10.3. The van der Waals surface area contributed by atoms with Crippen molar-refractivity contribution >= 4 is 5.69 Å². The maximum atomic E-state index is 11.8. The van der Waals surface area contributed by atoms with E-state index < -0.39 is 24.5 Å². The summed E-state index contributed by atoms with van der Waals surface area (Å²) in [7, 11) is 0. The van der Waals surface area contributed by atoms with Gasteiger partial charge in [-0.05, 0) is 12.1 Å². The largest absolute Gasteiger partial charge is 0.573 e. The van der Waals surface area contributed by atoms with Gasteiger partial charge in [0.15, 0.2) is 0 Å². The van der Waals surface area contributed by atoms with Gasteiger partial charge in [-0.1, -0.05) is 0 Å². The third-order valence-corrected chi connectivity index (χ3v) is 1.43. The van der Waals surface area contributed by atoms with E-state index in [4.69, 9.17) is 5.73 Å². The number of nitrogens with two attached hydrogens (primary N) is 1. The van der Waals surface area contributed by atoms with Crippen molar-refractivity contribution in [1.82, 2.24) is 0 Å². The zero-order valence-corrected chi connectivity index (χ0v) is 7.59. The van der Waals surface area contributed by atoms with Crippen molar-refractivity contribution in [3.63, 3.8) is 0 Å². The molecule has 2 N–H and O–H groups in total. The number of ether oxygens (including phenoxy) is 2. The minimum Gasteiger partial charge on any atom is -0.433 e. The Balaban J connectivity index is 2.83. The summed E-state index contributed by atoms with van der Waals surface area (Å²) in [6, 6.07) is 2.43. The number of hydrogen-bond donors (Lipinski definition) is 1. The molecule has 0 aliphatic rings. The molecular weight excluding hydrogens is 237 g/mol. The Kier molecular flexibility index (Phi) is 3.41. The number of nitrogen functional groups attached to an aromatic ring is 1. The molecule has 0 atom stereocenters. The van der Waals surface area contributed by atoms with E-state index in [0.717, 1.165) is 18.2 Å². The fourth-order valence-corrected chi connectivity index (χ4v) is 0.927. The van der Waals surface area contributed by atoms with Crippen LogP contribution in [0.3, 0.4) is 0 Å². The summed E-state index contributed by atoms with van der Waals surface area (Å²) in [5, 5.41) is 0. The molecule has 0 unspecified atom stereocenters. The van der Waals surface area contributed by atoms with E-state index >= 15 is 0 Å². The summed E-state index contributed by atoms with van der Waals surface area (Å²) in [4.78, 5) is 0. The minimum absolute atomic E-state index is 0.373. The summed E-state index contributed by atoms with van der Waals surface area (Å²) in [5.74, 6) is -1.02. The molecule has 90 valence electrons. The number of benzene rings is 1. The van der Waals surface area contributed by atoms with Gasteiger partial charge in [-0.2, -0.15) is 8.78 Å². The van der Waals surface area contributed by atoms with Crippen molar-refractivity contribution in [3.05, 3.63) is 18.2 Å². The number of alkyl halides is 5. The van der Waals surface area contributed by atoms with Gasteiger partial charge in [-0.3, -0.25) is 0 Å². The molecule has 0 fully saturated rings. The van der Waals surface area contributed by atoms with Crippen LogP contribution in [0.15, 0.2) is 18.2 Å². The molecule has 0 heterocycles. The molecule has 0 aliphatic carbocycles. The number of halogens is 5. The van der Waals surface area contributed by atoms with Gasteiger partial charge >= 0.3 is 13.0 Å². The zero-order chi connectivity index (χ0) is 12.3. The lowest BCUT2D eigenvalue weighted by Gasteiger charge is -2.11. The summed E-state index contributed by atoms with van der Waals surface area (Å²) in [5.41, 5.74) is 4.81. The Morgan fingerprint density at radius 1 is 1.19 bits per heavy atom. The molecule has 1 aromatic rings. The van der Waals surface area contributed by atoms with Crippen LogP contribution in [0.25, 0.3) is 0 Å². The fraction of sp³-hybridized carbons (Fsp3) is 0.250. The van der Waals surface area contributed by atoms with E-state index in [1.54, 1.807) is 0 Å². The maximum absolute atomic E-state index is 11.8. The van der Waals surface area contributed by atoms with Crippen molar-refractivity contribution in [2.75, 3.05) is 5.73 Å². The molecule has 0 bridgehead atoms. The topological polar surface area (TPSA) is 44.5 Å². The molecule has 1 rings (SSSR count). The van der Waals surface area contributed by atoms with Gasteiger partial charge in [-0.15, -0.1) is 13.2 Å². The highest BCUT2D eigenvalue weighted by atomic mass is 19.4. The average molecular weight is 243 g/mol. The van der Waals surface area contributed by atoms with E-state index in [-0.39, 0.29) is 5.69 Å². The molecule has 0 aromatic heterocycles. The number of rotatable bonds is 3. The van der Waals surface area contributed by atoms with Crippen LogP contribution in [0.4, 0.5) is 27.6 Å². The first-order valence-corrected chi connectivity index (χ1v) is 3.88. The quantitative estimate of drug-likeness (QED) is 0.655. The smallest absolute Gasteiger partial charge is 0.433 e. The summed E-state index contributed by atoms with van der Waals surface area (Å²) in [6.07, 6.45) is -4.86. The normalized spacial score (nSPS) is 11.6. The molecule has 0 saturated heterocycles. The Morgan fingerprint density at radius 3 is 2.25 bits per heavy atom. The summed E-state index contributed by atoms with van der Waals surface area (Å²) >= 11 is 0. The third-order valence-electron chi connectivity index (χ3n) is 1.43. The second kappa shape index (κ2) is 4.42. The Labute approximate surface area is 86.6 Å². The van der Waals surface area contributed by atoms with Crippen LogP contribution in [0.1, 0.15) is 0 Å². The van der Waals surface area contributed by atoms with E-state index in [9.17, 15) is 22.0 Å². The molecule has 16 heavy (non-hydrogen) atoms. The molecule has 0 amide bonds. The predicted octanol–water partition coefficient (Wildman–Crippen LogP) is 2.77. The van der Waals surface area contributed by atoms with Gasteiger partial charge in [0, 0.05) is 6.07 Å². The number of hydrogen-bond acceptors (Lipinski definition) is 3. The molecule has 0 spiro atoms. The second-order valence-electron chi connectivity index (χ2n) is 2.63. The van der Waals surface area contributed by atoms with Gasteiger partial charge in [0.05, 0.1) is 5.69 Å². The Morgan fingerprint density at radius 2 is 1.81 bits per heavy atom. The van der Waals surface area contributed by atoms with Gasteiger partial charge in [0.2, 0.25) is 0 Å². The third kappa shape index (κ3) is 3.79. The van der Waals surface area contributed by atoms with Crippen LogP contribution in [0.2, 0.25) is 0 Å². The van der Waals surface area contributed by atoms with Gasteiger partial charge < -0.3 is 15.2 Å². The monoisotopic (exact) mass is 243 g/mol. The minimum atomic E-state index is -4.86. The Hall–Kier alpha value is -1.73. The average Bonchev–Trinajstić information content (AvgIpc) is 2.06. The Bertz CT molecular complexity index is 366. The van der Waals surface area contributed by atoms with Crippen LogP contribution in [-0.4, -0.2) is 13.0 Å². The van der Waals surface area contributed by atoms with Gasteiger partial charge in [0.25, 0.3) is 0 Å². The van der Waals surface area contributed by atoms with Crippen LogP contribution >= 0.6 is 0 Å². The first-order chi connectivity index (χ1) is 7.28. The SMILES string of the molecule is Nc1cc(OC(F)(F)F)ccc1OC(F)F. The summed E-state index contributed by atoms with van der Waals surface area (Å²) < 4.78 is 66.3. The standard InChI is InChI=1S/C8H6F5NO2/c9-7(10)15-6-2-1-4(3-5(6)14)16-8(11,12)13/h1-3,7H,14H2. The highest BCUT2D eigenvalue weighted by Gasteiger charge is 2.31. The van der Waals surface area contributed by atoms with Crippen molar-refractivity contribution < 1.29 is 31.4 Å². The lowest BCUT2D eigenvalue weighted by Crippen LogP contribution is -2.17. The van der Waals surface area contributed by atoms with E-state index in [0.29, 0.717) is 0 Å². The highest BCUT2D eigenvalue weighted by Crippen LogP contribution is 2.30. The predicted molar refractivity (Wildman–Crippen MR) is 44.2 cm³/mol. The van der Waals surface area contributed by atoms with Crippen LogP contribution in [0, 0.1) is 0 Å².